The van der Waals surface area contributed by atoms with Crippen LogP contribution >= 0.6 is 0 Å². The molecule has 0 radical (unpaired) electrons. The zero-order valence-electron chi connectivity index (χ0n) is 15.5. The zero-order valence-corrected chi connectivity index (χ0v) is 16.3. The van der Waals surface area contributed by atoms with Gasteiger partial charge in [0, 0.05) is 31.9 Å². The van der Waals surface area contributed by atoms with Crippen molar-refractivity contribution in [3.05, 3.63) is 48.5 Å². The number of ether oxygens (including phenoxy) is 1. The molecule has 3 amide bonds. The maximum Gasteiger partial charge on any atom is 0.321 e. The second-order valence-corrected chi connectivity index (χ2v) is 8.62. The number of rotatable bonds is 3. The third kappa shape index (κ3) is 4.03. The van der Waals surface area contributed by atoms with Crippen molar-refractivity contribution in [2.45, 2.75) is 4.90 Å². The number of carbonyl (C=O) groups excluding carboxylic acids is 2. The molecule has 29 heavy (non-hydrogen) atoms. The van der Waals surface area contributed by atoms with Gasteiger partial charge in [0.1, 0.15) is 5.75 Å². The van der Waals surface area contributed by atoms with Gasteiger partial charge in [0.05, 0.1) is 10.6 Å². The van der Waals surface area contributed by atoms with Gasteiger partial charge in [0.2, 0.25) is 10.0 Å². The van der Waals surface area contributed by atoms with Crippen LogP contribution in [0.1, 0.15) is 0 Å². The molecule has 0 atom stereocenters. The second-order valence-electron chi connectivity index (χ2n) is 6.68. The summed E-state index contributed by atoms with van der Waals surface area (Å²) in [6.07, 6.45) is 0. The van der Waals surface area contributed by atoms with Crippen LogP contribution in [0.15, 0.2) is 53.4 Å². The van der Waals surface area contributed by atoms with Crippen molar-refractivity contribution in [2.75, 3.05) is 43.4 Å². The SMILES string of the molecule is O=C1COc2ccc(S(=O)(=O)N3CCN(C(=O)Nc4ccccc4)CC3)cc2N1. The standard InChI is InChI=1S/C19H20N4O5S/c24-18-13-28-17-7-6-15(12-16(17)21-18)29(26,27)23-10-8-22(9-11-23)19(25)20-14-4-2-1-3-5-14/h1-7,12H,8-11,13H2,(H,20,25)(H,21,24). The lowest BCUT2D eigenvalue weighted by Crippen LogP contribution is -2.51. The topological polar surface area (TPSA) is 108 Å². The Balaban J connectivity index is 1.42. The van der Waals surface area contributed by atoms with Gasteiger partial charge < -0.3 is 20.3 Å². The highest BCUT2D eigenvalue weighted by molar-refractivity contribution is 7.89. The summed E-state index contributed by atoms with van der Waals surface area (Å²) in [6.45, 7) is 0.840. The smallest absolute Gasteiger partial charge is 0.321 e. The Hall–Kier alpha value is -3.11. The second kappa shape index (κ2) is 7.72. The Morgan fingerprint density at radius 2 is 1.76 bits per heavy atom. The number of amides is 3. The fourth-order valence-electron chi connectivity index (χ4n) is 3.23. The molecule has 4 rings (SSSR count). The molecule has 2 aromatic carbocycles. The molecule has 1 fully saturated rings. The minimum atomic E-state index is -3.75. The minimum Gasteiger partial charge on any atom is -0.482 e. The number of piperazine rings is 1. The fraction of sp³-hybridized carbons (Fsp3) is 0.263. The average Bonchev–Trinajstić information content (AvgIpc) is 2.74. The van der Waals surface area contributed by atoms with E-state index in [0.717, 1.165) is 0 Å². The first kappa shape index (κ1) is 19.2. The highest BCUT2D eigenvalue weighted by atomic mass is 32.2. The van der Waals surface area contributed by atoms with E-state index < -0.39 is 10.0 Å². The number of anilines is 2. The van der Waals surface area contributed by atoms with Crippen LogP contribution in [0, 0.1) is 0 Å². The number of hydrogen-bond donors (Lipinski definition) is 2. The molecular formula is C19H20N4O5S. The van der Waals surface area contributed by atoms with Gasteiger partial charge in [0.15, 0.2) is 6.61 Å². The van der Waals surface area contributed by atoms with Gasteiger partial charge in [-0.25, -0.2) is 13.2 Å². The van der Waals surface area contributed by atoms with Crippen LogP contribution in [0.25, 0.3) is 0 Å². The highest BCUT2D eigenvalue weighted by Crippen LogP contribution is 2.31. The quantitative estimate of drug-likeness (QED) is 0.789. The molecule has 10 heteroatoms. The third-order valence-corrected chi connectivity index (χ3v) is 6.67. The average molecular weight is 416 g/mol. The molecule has 1 saturated heterocycles. The molecule has 0 spiro atoms. The Labute approximate surface area is 168 Å². The molecule has 0 bridgehead atoms. The maximum absolute atomic E-state index is 13.0. The maximum atomic E-state index is 13.0. The van der Waals surface area contributed by atoms with Crippen molar-refractivity contribution in [2.24, 2.45) is 0 Å². The van der Waals surface area contributed by atoms with Crippen molar-refractivity contribution in [3.8, 4) is 5.75 Å². The van der Waals surface area contributed by atoms with Crippen molar-refractivity contribution in [3.63, 3.8) is 0 Å². The van der Waals surface area contributed by atoms with E-state index in [1.165, 1.54) is 22.5 Å². The lowest BCUT2D eigenvalue weighted by Gasteiger charge is -2.34. The van der Waals surface area contributed by atoms with Crippen molar-refractivity contribution < 1.29 is 22.7 Å². The lowest BCUT2D eigenvalue weighted by molar-refractivity contribution is -0.118. The van der Waals surface area contributed by atoms with E-state index in [9.17, 15) is 18.0 Å². The van der Waals surface area contributed by atoms with Gasteiger partial charge in [0.25, 0.3) is 5.91 Å². The van der Waals surface area contributed by atoms with E-state index in [4.69, 9.17) is 4.74 Å². The summed E-state index contributed by atoms with van der Waals surface area (Å²) in [5.41, 5.74) is 1.02. The molecular weight excluding hydrogens is 396 g/mol. The zero-order chi connectivity index (χ0) is 20.4. The molecule has 2 aromatic rings. The van der Waals surface area contributed by atoms with Crippen LogP contribution in [0.4, 0.5) is 16.2 Å². The van der Waals surface area contributed by atoms with Gasteiger partial charge in [-0.2, -0.15) is 4.31 Å². The number of hydrogen-bond acceptors (Lipinski definition) is 5. The summed E-state index contributed by atoms with van der Waals surface area (Å²) in [5.74, 6) is 0.107. The minimum absolute atomic E-state index is 0.0734. The first-order valence-corrected chi connectivity index (χ1v) is 10.6. The van der Waals surface area contributed by atoms with E-state index >= 15 is 0 Å². The van der Waals surface area contributed by atoms with Gasteiger partial charge in [-0.3, -0.25) is 4.79 Å². The molecule has 2 heterocycles. The lowest BCUT2D eigenvalue weighted by atomic mass is 10.2. The molecule has 2 aliphatic heterocycles. The number of nitrogens with one attached hydrogen (secondary N) is 2. The van der Waals surface area contributed by atoms with Crippen LogP contribution in [0.5, 0.6) is 5.75 Å². The van der Waals surface area contributed by atoms with E-state index in [2.05, 4.69) is 10.6 Å². The first-order chi connectivity index (χ1) is 13.9. The number of nitrogens with zero attached hydrogens (tertiary/aromatic N) is 2. The van der Waals surface area contributed by atoms with Crippen molar-refractivity contribution in [1.29, 1.82) is 0 Å². The highest BCUT2D eigenvalue weighted by Gasteiger charge is 2.31. The van der Waals surface area contributed by atoms with Crippen LogP contribution < -0.4 is 15.4 Å². The third-order valence-electron chi connectivity index (χ3n) is 4.77. The molecule has 0 saturated carbocycles. The Morgan fingerprint density at radius 1 is 1.03 bits per heavy atom. The van der Waals surface area contributed by atoms with Crippen molar-refractivity contribution in [1.82, 2.24) is 9.21 Å². The molecule has 152 valence electrons. The van der Waals surface area contributed by atoms with Crippen LogP contribution in [-0.4, -0.2) is 62.3 Å². The molecule has 2 N–H and O–H groups in total. The van der Waals surface area contributed by atoms with E-state index in [1.807, 2.05) is 18.2 Å². The Kier molecular flexibility index (Phi) is 5.12. The molecule has 0 aliphatic carbocycles. The Morgan fingerprint density at radius 3 is 2.48 bits per heavy atom. The summed E-state index contributed by atoms with van der Waals surface area (Å²) in [6, 6.07) is 13.2. The number of benzene rings is 2. The summed E-state index contributed by atoms with van der Waals surface area (Å²) in [4.78, 5) is 25.5. The Bertz CT molecular complexity index is 1030. The van der Waals surface area contributed by atoms with Crippen LogP contribution in [0.3, 0.4) is 0 Å². The van der Waals surface area contributed by atoms with E-state index in [0.29, 0.717) is 17.1 Å². The van der Waals surface area contributed by atoms with E-state index in [1.54, 1.807) is 17.0 Å². The fourth-order valence-corrected chi connectivity index (χ4v) is 4.68. The predicted octanol–water partition coefficient (Wildman–Crippen LogP) is 1.56. The van der Waals surface area contributed by atoms with Crippen molar-refractivity contribution >= 4 is 33.3 Å². The van der Waals surface area contributed by atoms with Gasteiger partial charge >= 0.3 is 6.03 Å². The number of para-hydroxylation sites is 1. The molecule has 0 unspecified atom stereocenters. The van der Waals surface area contributed by atoms with Gasteiger partial charge in [-0.15, -0.1) is 0 Å². The summed E-state index contributed by atoms with van der Waals surface area (Å²) in [7, 11) is -3.75. The number of fused-ring (bicyclic) bond motifs is 1. The first-order valence-electron chi connectivity index (χ1n) is 9.11. The summed E-state index contributed by atoms with van der Waals surface area (Å²) >= 11 is 0. The monoisotopic (exact) mass is 416 g/mol. The summed E-state index contributed by atoms with van der Waals surface area (Å²) in [5, 5.41) is 5.41. The molecule has 9 nitrogen and oxygen atoms in total. The normalized spacial score (nSPS) is 17.1. The largest absolute Gasteiger partial charge is 0.482 e. The molecule has 2 aliphatic rings. The molecule has 0 aromatic heterocycles. The number of sulfonamides is 1. The van der Waals surface area contributed by atoms with Gasteiger partial charge in [-0.1, -0.05) is 18.2 Å². The number of urea groups is 1. The number of carbonyl (C=O) groups is 2. The summed E-state index contributed by atoms with van der Waals surface area (Å²) < 4.78 is 32.6. The predicted molar refractivity (Wildman–Crippen MR) is 106 cm³/mol. The van der Waals surface area contributed by atoms with E-state index in [-0.39, 0.29) is 49.6 Å². The van der Waals surface area contributed by atoms with Crippen LogP contribution in [0.2, 0.25) is 0 Å². The van der Waals surface area contributed by atoms with Crippen LogP contribution in [-0.2, 0) is 14.8 Å². The van der Waals surface area contributed by atoms with Gasteiger partial charge in [-0.05, 0) is 30.3 Å².